The fourth-order valence-electron chi connectivity index (χ4n) is 2.17. The lowest BCUT2D eigenvalue weighted by atomic mass is 10.1. The van der Waals surface area contributed by atoms with Crippen molar-refractivity contribution in [1.29, 1.82) is 0 Å². The molecule has 0 aromatic carbocycles. The zero-order valence-corrected chi connectivity index (χ0v) is 12.0. The maximum absolute atomic E-state index is 12.1. The number of aromatic amines is 1. The van der Waals surface area contributed by atoms with Gasteiger partial charge >= 0.3 is 0 Å². The SMILES string of the molecule is Cc1ncc(S(=O)(=O)NC2CCCC2CBr)[nH]1. The van der Waals surface area contributed by atoms with E-state index in [4.69, 9.17) is 0 Å². The number of hydrogen-bond donors (Lipinski definition) is 2. The first-order chi connectivity index (χ1) is 8.03. The molecule has 2 N–H and O–H groups in total. The average molecular weight is 322 g/mol. The maximum atomic E-state index is 12.1. The van der Waals surface area contributed by atoms with Crippen LogP contribution in [0.5, 0.6) is 0 Å². The first-order valence-corrected chi connectivity index (χ1v) is 8.23. The van der Waals surface area contributed by atoms with Gasteiger partial charge in [-0.25, -0.2) is 18.1 Å². The van der Waals surface area contributed by atoms with Crippen LogP contribution in [-0.2, 0) is 10.0 Å². The second kappa shape index (κ2) is 5.07. The molecule has 0 bridgehead atoms. The predicted octanol–water partition coefficient (Wildman–Crippen LogP) is 1.56. The van der Waals surface area contributed by atoms with E-state index in [2.05, 4.69) is 30.6 Å². The molecule has 0 aliphatic heterocycles. The molecule has 2 atom stereocenters. The first-order valence-electron chi connectivity index (χ1n) is 5.63. The number of nitrogens with one attached hydrogen (secondary N) is 2. The Labute approximate surface area is 110 Å². The van der Waals surface area contributed by atoms with E-state index in [0.29, 0.717) is 11.7 Å². The number of rotatable bonds is 4. The van der Waals surface area contributed by atoms with Gasteiger partial charge in [-0.3, -0.25) is 0 Å². The Morgan fingerprint density at radius 1 is 1.59 bits per heavy atom. The van der Waals surface area contributed by atoms with Gasteiger partial charge in [-0.05, 0) is 25.7 Å². The normalized spacial score (nSPS) is 25.3. The van der Waals surface area contributed by atoms with Crippen molar-refractivity contribution < 1.29 is 8.42 Å². The number of hydrogen-bond acceptors (Lipinski definition) is 3. The summed E-state index contributed by atoms with van der Waals surface area (Å²) in [4.78, 5) is 6.66. The van der Waals surface area contributed by atoms with Gasteiger partial charge < -0.3 is 4.98 Å². The van der Waals surface area contributed by atoms with Crippen LogP contribution in [0.1, 0.15) is 25.1 Å². The summed E-state index contributed by atoms with van der Waals surface area (Å²) in [7, 11) is -3.45. The smallest absolute Gasteiger partial charge is 0.257 e. The van der Waals surface area contributed by atoms with Crippen molar-refractivity contribution in [2.24, 2.45) is 5.92 Å². The standard InChI is InChI=1S/C10H16BrN3O2S/c1-7-12-6-10(13-7)17(15,16)14-9-4-2-3-8(9)5-11/h6,8-9,14H,2-5H2,1H3,(H,12,13). The van der Waals surface area contributed by atoms with Crippen LogP contribution < -0.4 is 4.72 Å². The van der Waals surface area contributed by atoms with Crippen molar-refractivity contribution in [3.8, 4) is 0 Å². The minimum Gasteiger partial charge on any atom is -0.332 e. The Morgan fingerprint density at radius 2 is 2.35 bits per heavy atom. The predicted molar refractivity (Wildman–Crippen MR) is 68.6 cm³/mol. The number of aromatic nitrogens is 2. The summed E-state index contributed by atoms with van der Waals surface area (Å²) >= 11 is 3.43. The molecule has 1 aliphatic carbocycles. The van der Waals surface area contributed by atoms with Crippen molar-refractivity contribution in [3.05, 3.63) is 12.0 Å². The highest BCUT2D eigenvalue weighted by molar-refractivity contribution is 9.09. The third-order valence-corrected chi connectivity index (χ3v) is 5.36. The summed E-state index contributed by atoms with van der Waals surface area (Å²) in [6.07, 6.45) is 4.41. The Hall–Kier alpha value is -0.400. The zero-order chi connectivity index (χ0) is 12.5. The van der Waals surface area contributed by atoms with E-state index in [1.807, 2.05) is 0 Å². The van der Waals surface area contributed by atoms with Crippen molar-refractivity contribution in [3.63, 3.8) is 0 Å². The highest BCUT2D eigenvalue weighted by atomic mass is 79.9. The molecular weight excluding hydrogens is 306 g/mol. The van der Waals surface area contributed by atoms with Crippen LogP contribution in [0.4, 0.5) is 0 Å². The van der Waals surface area contributed by atoms with Gasteiger partial charge in [0.25, 0.3) is 10.0 Å². The highest BCUT2D eigenvalue weighted by Crippen LogP contribution is 2.28. The summed E-state index contributed by atoms with van der Waals surface area (Å²) in [6.45, 7) is 1.73. The van der Waals surface area contributed by atoms with Gasteiger partial charge in [0.2, 0.25) is 0 Å². The van der Waals surface area contributed by atoms with Crippen LogP contribution in [0.25, 0.3) is 0 Å². The molecule has 1 heterocycles. The summed E-state index contributed by atoms with van der Waals surface area (Å²) in [5.41, 5.74) is 0. The summed E-state index contributed by atoms with van der Waals surface area (Å²) in [5, 5.41) is 0.984. The Bertz CT molecular complexity index is 485. The van der Waals surface area contributed by atoms with Crippen LogP contribution >= 0.6 is 15.9 Å². The van der Waals surface area contributed by atoms with Gasteiger partial charge in [-0.15, -0.1) is 0 Å². The lowest BCUT2D eigenvalue weighted by molar-refractivity contribution is 0.483. The van der Waals surface area contributed by atoms with E-state index in [1.54, 1.807) is 6.92 Å². The van der Waals surface area contributed by atoms with Gasteiger partial charge in [0.15, 0.2) is 5.03 Å². The lowest BCUT2D eigenvalue weighted by Gasteiger charge is -2.18. The molecule has 1 aliphatic rings. The van der Waals surface area contributed by atoms with Crippen molar-refractivity contribution in [2.45, 2.75) is 37.3 Å². The highest BCUT2D eigenvalue weighted by Gasteiger charge is 2.31. The fourth-order valence-corrected chi connectivity index (χ4v) is 4.26. The zero-order valence-electron chi connectivity index (χ0n) is 9.61. The van der Waals surface area contributed by atoms with Crippen LogP contribution in [-0.4, -0.2) is 29.8 Å². The van der Waals surface area contributed by atoms with E-state index in [1.165, 1.54) is 6.20 Å². The van der Waals surface area contributed by atoms with Gasteiger partial charge in [0, 0.05) is 11.4 Å². The molecule has 0 amide bonds. The number of H-pyrrole nitrogens is 1. The van der Waals surface area contributed by atoms with Gasteiger partial charge in [-0.1, -0.05) is 22.4 Å². The molecule has 1 aromatic heterocycles. The molecule has 2 unspecified atom stereocenters. The van der Waals surface area contributed by atoms with E-state index < -0.39 is 10.0 Å². The number of aryl methyl sites for hydroxylation is 1. The van der Waals surface area contributed by atoms with Crippen LogP contribution in [0.2, 0.25) is 0 Å². The van der Waals surface area contributed by atoms with E-state index in [-0.39, 0.29) is 11.1 Å². The summed E-state index contributed by atoms with van der Waals surface area (Å²) < 4.78 is 26.9. The second-order valence-corrected chi connectivity index (χ2v) is 6.74. The number of sulfonamides is 1. The summed E-state index contributed by atoms with van der Waals surface area (Å²) in [5.74, 6) is 0.989. The molecule has 2 rings (SSSR count). The van der Waals surface area contributed by atoms with E-state index >= 15 is 0 Å². The van der Waals surface area contributed by atoms with Gasteiger partial charge in [-0.2, -0.15) is 0 Å². The molecule has 17 heavy (non-hydrogen) atoms. The molecule has 1 saturated carbocycles. The van der Waals surface area contributed by atoms with Crippen LogP contribution in [0, 0.1) is 12.8 Å². The van der Waals surface area contributed by atoms with Crippen molar-refractivity contribution in [1.82, 2.24) is 14.7 Å². The largest absolute Gasteiger partial charge is 0.332 e. The molecule has 1 fully saturated rings. The molecule has 7 heteroatoms. The van der Waals surface area contributed by atoms with Crippen molar-refractivity contribution >= 4 is 26.0 Å². The second-order valence-electron chi connectivity index (χ2n) is 4.41. The average Bonchev–Trinajstić information content (AvgIpc) is 2.86. The van der Waals surface area contributed by atoms with Gasteiger partial charge in [0.1, 0.15) is 5.82 Å². The Morgan fingerprint density at radius 3 is 2.94 bits per heavy atom. The van der Waals surface area contributed by atoms with Crippen LogP contribution in [0.15, 0.2) is 11.2 Å². The van der Waals surface area contributed by atoms with E-state index in [0.717, 1.165) is 24.6 Å². The first kappa shape index (κ1) is 13.0. The number of alkyl halides is 1. The van der Waals surface area contributed by atoms with Gasteiger partial charge in [0.05, 0.1) is 6.20 Å². The molecule has 5 nitrogen and oxygen atoms in total. The Balaban J connectivity index is 2.12. The molecule has 0 saturated heterocycles. The Kier molecular flexibility index (Phi) is 3.89. The third-order valence-electron chi connectivity index (χ3n) is 3.13. The van der Waals surface area contributed by atoms with Crippen molar-refractivity contribution in [2.75, 3.05) is 5.33 Å². The molecular formula is C10H16BrN3O2S. The molecule has 0 radical (unpaired) electrons. The number of imidazole rings is 1. The quantitative estimate of drug-likeness (QED) is 0.826. The minimum atomic E-state index is -3.45. The third kappa shape index (κ3) is 2.89. The minimum absolute atomic E-state index is 0.0305. The maximum Gasteiger partial charge on any atom is 0.257 e. The monoisotopic (exact) mass is 321 g/mol. The fraction of sp³-hybridized carbons (Fsp3) is 0.700. The molecule has 96 valence electrons. The van der Waals surface area contributed by atoms with Crippen LogP contribution in [0.3, 0.4) is 0 Å². The number of nitrogens with zero attached hydrogens (tertiary/aromatic N) is 1. The number of halogens is 1. The lowest BCUT2D eigenvalue weighted by Crippen LogP contribution is -2.38. The molecule has 0 spiro atoms. The summed E-state index contributed by atoms with van der Waals surface area (Å²) in [6, 6.07) is 0.0305. The van der Waals surface area contributed by atoms with E-state index in [9.17, 15) is 8.42 Å². The molecule has 1 aromatic rings. The topological polar surface area (TPSA) is 74.8 Å².